The van der Waals surface area contributed by atoms with Gasteiger partial charge in [-0.15, -0.1) is 0 Å². The maximum Gasteiger partial charge on any atom is 0.314 e. The summed E-state index contributed by atoms with van der Waals surface area (Å²) in [6.45, 7) is 3.22. The maximum atomic E-state index is 11.5. The highest BCUT2D eigenvalue weighted by molar-refractivity contribution is 5.73. The number of nitrogens with one attached hydrogen (secondary N) is 2. The molecule has 0 bridgehead atoms. The van der Waals surface area contributed by atoms with Crippen molar-refractivity contribution in [3.63, 3.8) is 0 Å². The molecule has 0 aliphatic heterocycles. The first-order valence-corrected chi connectivity index (χ1v) is 8.15. The van der Waals surface area contributed by atoms with Crippen LogP contribution in [0.25, 0.3) is 0 Å². The monoisotopic (exact) mass is 328 g/mol. The van der Waals surface area contributed by atoms with Gasteiger partial charge >= 0.3 is 6.03 Å². The molecule has 2 aromatic rings. The van der Waals surface area contributed by atoms with Crippen molar-refractivity contribution in [1.82, 2.24) is 10.6 Å². The Labute approximate surface area is 142 Å². The van der Waals surface area contributed by atoms with Gasteiger partial charge in [0.2, 0.25) is 0 Å². The van der Waals surface area contributed by atoms with Crippen LogP contribution in [0.1, 0.15) is 30.6 Å². The lowest BCUT2D eigenvalue weighted by molar-refractivity contribution is 0.172. The Balaban J connectivity index is 1.85. The standard InChI is InChI=1S/C19H24N2O3/c1-2-11-20-19(23)21-13-18(22)16-9-6-10-17(12-16)24-14-15-7-4-3-5-8-15/h3-10,12,18,22H,2,11,13-14H2,1H3,(H2,20,21,23). The number of carbonyl (C=O) groups is 1. The van der Waals surface area contributed by atoms with Crippen molar-refractivity contribution in [1.29, 1.82) is 0 Å². The third kappa shape index (κ3) is 5.93. The number of carbonyl (C=O) groups excluding carboxylic acids is 1. The van der Waals surface area contributed by atoms with E-state index in [1.54, 1.807) is 6.07 Å². The number of hydrogen-bond acceptors (Lipinski definition) is 3. The van der Waals surface area contributed by atoms with Gasteiger partial charge in [0.1, 0.15) is 12.4 Å². The lowest BCUT2D eigenvalue weighted by Gasteiger charge is -2.14. The van der Waals surface area contributed by atoms with Crippen LogP contribution in [-0.4, -0.2) is 24.2 Å². The summed E-state index contributed by atoms with van der Waals surface area (Å²) in [5.74, 6) is 0.686. The number of amides is 2. The molecule has 0 fully saturated rings. The molecule has 0 aromatic heterocycles. The molecular formula is C19H24N2O3. The molecule has 0 saturated carbocycles. The van der Waals surface area contributed by atoms with Gasteiger partial charge in [0.25, 0.3) is 0 Å². The molecule has 128 valence electrons. The van der Waals surface area contributed by atoms with Crippen LogP contribution in [0, 0.1) is 0 Å². The molecule has 0 aliphatic carbocycles. The van der Waals surface area contributed by atoms with Crippen LogP contribution in [0.5, 0.6) is 5.75 Å². The van der Waals surface area contributed by atoms with Gasteiger partial charge < -0.3 is 20.5 Å². The van der Waals surface area contributed by atoms with Gasteiger partial charge in [-0.05, 0) is 29.7 Å². The zero-order valence-corrected chi connectivity index (χ0v) is 13.9. The average molecular weight is 328 g/mol. The Morgan fingerprint density at radius 3 is 2.67 bits per heavy atom. The van der Waals surface area contributed by atoms with Gasteiger partial charge in [0.15, 0.2) is 0 Å². The zero-order valence-electron chi connectivity index (χ0n) is 13.9. The van der Waals surface area contributed by atoms with Crippen molar-refractivity contribution in [3.05, 3.63) is 65.7 Å². The molecule has 0 saturated heterocycles. The van der Waals surface area contributed by atoms with E-state index in [2.05, 4.69) is 10.6 Å². The number of hydrogen-bond donors (Lipinski definition) is 3. The molecule has 1 atom stereocenters. The molecule has 24 heavy (non-hydrogen) atoms. The lowest BCUT2D eigenvalue weighted by Crippen LogP contribution is -2.38. The minimum absolute atomic E-state index is 0.150. The van der Waals surface area contributed by atoms with Crippen molar-refractivity contribution in [2.75, 3.05) is 13.1 Å². The smallest absolute Gasteiger partial charge is 0.314 e. The fourth-order valence-corrected chi connectivity index (χ4v) is 2.16. The van der Waals surface area contributed by atoms with Gasteiger partial charge in [-0.3, -0.25) is 0 Å². The predicted octanol–water partition coefficient (Wildman–Crippen LogP) is 3.01. The lowest BCUT2D eigenvalue weighted by atomic mass is 10.1. The molecule has 2 rings (SSSR count). The summed E-state index contributed by atoms with van der Waals surface area (Å²) in [6, 6.07) is 16.9. The van der Waals surface area contributed by atoms with Crippen molar-refractivity contribution in [2.45, 2.75) is 26.1 Å². The van der Waals surface area contributed by atoms with Crippen molar-refractivity contribution in [2.24, 2.45) is 0 Å². The Bertz CT molecular complexity index is 632. The Hall–Kier alpha value is -2.53. The summed E-state index contributed by atoms with van der Waals surface area (Å²) < 4.78 is 5.75. The highest BCUT2D eigenvalue weighted by Crippen LogP contribution is 2.20. The molecule has 0 spiro atoms. The molecule has 5 heteroatoms. The molecule has 2 amide bonds. The number of benzene rings is 2. The summed E-state index contributed by atoms with van der Waals surface area (Å²) in [6.07, 6.45) is 0.0918. The highest BCUT2D eigenvalue weighted by atomic mass is 16.5. The van der Waals surface area contributed by atoms with Crippen LogP contribution in [0.4, 0.5) is 4.79 Å². The van der Waals surface area contributed by atoms with E-state index in [0.717, 1.165) is 12.0 Å². The van der Waals surface area contributed by atoms with E-state index in [-0.39, 0.29) is 12.6 Å². The zero-order chi connectivity index (χ0) is 17.2. The SMILES string of the molecule is CCCNC(=O)NCC(O)c1cccc(OCc2ccccc2)c1. The molecule has 3 N–H and O–H groups in total. The molecule has 2 aromatic carbocycles. The van der Waals surface area contributed by atoms with E-state index < -0.39 is 6.10 Å². The quantitative estimate of drug-likeness (QED) is 0.697. The first kappa shape index (κ1) is 17.8. The second-order valence-electron chi connectivity index (χ2n) is 5.50. The topological polar surface area (TPSA) is 70.6 Å². The minimum Gasteiger partial charge on any atom is -0.489 e. The van der Waals surface area contributed by atoms with Crippen LogP contribution >= 0.6 is 0 Å². The Kier molecular flexibility index (Phi) is 7.11. The number of aliphatic hydroxyl groups is 1. The van der Waals surface area contributed by atoms with Gasteiger partial charge in [0.05, 0.1) is 6.10 Å². The van der Waals surface area contributed by atoms with E-state index >= 15 is 0 Å². The molecule has 0 aliphatic rings. The average Bonchev–Trinajstić information content (AvgIpc) is 2.63. The van der Waals surface area contributed by atoms with E-state index in [4.69, 9.17) is 4.74 Å². The van der Waals surface area contributed by atoms with E-state index in [1.807, 2.05) is 55.5 Å². The van der Waals surface area contributed by atoms with E-state index in [0.29, 0.717) is 24.5 Å². The van der Waals surface area contributed by atoms with Crippen LogP contribution in [0.3, 0.4) is 0 Å². The summed E-state index contributed by atoms with van der Waals surface area (Å²) >= 11 is 0. The number of ether oxygens (including phenoxy) is 1. The third-order valence-corrected chi connectivity index (χ3v) is 3.48. The van der Waals surface area contributed by atoms with Crippen molar-refractivity contribution in [3.8, 4) is 5.75 Å². The number of aliphatic hydroxyl groups excluding tert-OH is 1. The third-order valence-electron chi connectivity index (χ3n) is 3.48. The van der Waals surface area contributed by atoms with E-state index in [9.17, 15) is 9.90 Å². The Morgan fingerprint density at radius 1 is 1.12 bits per heavy atom. The molecule has 0 heterocycles. The van der Waals surface area contributed by atoms with Gasteiger partial charge in [0, 0.05) is 13.1 Å². The van der Waals surface area contributed by atoms with Crippen LogP contribution in [0.15, 0.2) is 54.6 Å². The van der Waals surface area contributed by atoms with Crippen LogP contribution < -0.4 is 15.4 Å². The first-order valence-electron chi connectivity index (χ1n) is 8.15. The predicted molar refractivity (Wildman–Crippen MR) is 93.9 cm³/mol. The summed E-state index contributed by atoms with van der Waals surface area (Å²) in [7, 11) is 0. The van der Waals surface area contributed by atoms with Crippen LogP contribution in [0.2, 0.25) is 0 Å². The van der Waals surface area contributed by atoms with Gasteiger partial charge in [-0.2, -0.15) is 0 Å². The fourth-order valence-electron chi connectivity index (χ4n) is 2.16. The van der Waals surface area contributed by atoms with Gasteiger partial charge in [-0.25, -0.2) is 4.79 Å². The van der Waals surface area contributed by atoms with E-state index in [1.165, 1.54) is 0 Å². The van der Waals surface area contributed by atoms with Crippen molar-refractivity contribution < 1.29 is 14.6 Å². The molecular weight excluding hydrogens is 304 g/mol. The molecule has 5 nitrogen and oxygen atoms in total. The summed E-state index contributed by atoms with van der Waals surface area (Å²) in [4.78, 5) is 11.5. The largest absolute Gasteiger partial charge is 0.489 e. The fraction of sp³-hybridized carbons (Fsp3) is 0.316. The molecule has 0 radical (unpaired) electrons. The summed E-state index contributed by atoms with van der Waals surface area (Å²) in [5, 5.41) is 15.6. The summed E-state index contributed by atoms with van der Waals surface area (Å²) in [5.41, 5.74) is 1.79. The second-order valence-corrected chi connectivity index (χ2v) is 5.50. The maximum absolute atomic E-state index is 11.5. The molecule has 1 unspecified atom stereocenters. The normalized spacial score (nSPS) is 11.6. The second kappa shape index (κ2) is 9.57. The van der Waals surface area contributed by atoms with Crippen LogP contribution in [-0.2, 0) is 6.61 Å². The Morgan fingerprint density at radius 2 is 1.92 bits per heavy atom. The number of urea groups is 1. The van der Waals surface area contributed by atoms with Gasteiger partial charge in [-0.1, -0.05) is 49.4 Å². The minimum atomic E-state index is -0.780. The number of rotatable bonds is 8. The first-order chi connectivity index (χ1) is 11.7. The van der Waals surface area contributed by atoms with Crippen molar-refractivity contribution >= 4 is 6.03 Å². The highest BCUT2D eigenvalue weighted by Gasteiger charge is 2.10.